The van der Waals surface area contributed by atoms with Crippen LogP contribution in [0, 0.1) is 6.92 Å². The van der Waals surface area contributed by atoms with Crippen molar-refractivity contribution in [2.45, 2.75) is 32.4 Å². The van der Waals surface area contributed by atoms with Crippen LogP contribution >= 0.6 is 0 Å². The SMILES string of the molecule is Cc1cccc(N2CCC(NCc3c[nH]c4nccnc34)CC2)n1. The van der Waals surface area contributed by atoms with Crippen LogP contribution in [0.4, 0.5) is 5.82 Å². The fourth-order valence-corrected chi connectivity index (χ4v) is 3.31. The normalized spacial score (nSPS) is 16.0. The number of aromatic nitrogens is 4. The molecular weight excluding hydrogens is 300 g/mol. The molecule has 3 aromatic heterocycles. The summed E-state index contributed by atoms with van der Waals surface area (Å²) in [6, 6.07) is 6.76. The van der Waals surface area contributed by atoms with Gasteiger partial charge in [-0.25, -0.2) is 9.97 Å². The molecule has 3 aromatic rings. The molecule has 0 aliphatic carbocycles. The van der Waals surface area contributed by atoms with Crippen molar-refractivity contribution in [1.82, 2.24) is 25.3 Å². The number of rotatable bonds is 4. The predicted molar refractivity (Wildman–Crippen MR) is 94.9 cm³/mol. The van der Waals surface area contributed by atoms with Gasteiger partial charge in [0, 0.05) is 55.5 Å². The molecule has 124 valence electrons. The summed E-state index contributed by atoms with van der Waals surface area (Å²) >= 11 is 0. The van der Waals surface area contributed by atoms with Gasteiger partial charge in [0.2, 0.25) is 0 Å². The molecule has 0 spiro atoms. The second kappa shape index (κ2) is 6.57. The van der Waals surface area contributed by atoms with E-state index in [-0.39, 0.29) is 0 Å². The molecule has 0 amide bonds. The third-order valence-electron chi connectivity index (χ3n) is 4.66. The minimum atomic E-state index is 0.535. The molecule has 6 nitrogen and oxygen atoms in total. The van der Waals surface area contributed by atoms with E-state index in [0.717, 1.165) is 55.2 Å². The van der Waals surface area contributed by atoms with Crippen molar-refractivity contribution in [2.24, 2.45) is 0 Å². The van der Waals surface area contributed by atoms with Gasteiger partial charge in [-0.1, -0.05) is 6.07 Å². The van der Waals surface area contributed by atoms with Gasteiger partial charge in [-0.15, -0.1) is 0 Å². The van der Waals surface area contributed by atoms with E-state index in [0.29, 0.717) is 6.04 Å². The summed E-state index contributed by atoms with van der Waals surface area (Å²) in [5.41, 5.74) is 4.08. The maximum atomic E-state index is 4.63. The molecule has 0 saturated carbocycles. The minimum absolute atomic E-state index is 0.535. The number of pyridine rings is 1. The largest absolute Gasteiger partial charge is 0.356 e. The topological polar surface area (TPSA) is 69.7 Å². The standard InChI is InChI=1S/C18H22N6/c1-13-3-2-4-16(23-13)24-9-5-15(6-10-24)21-11-14-12-22-18-17(14)19-7-8-20-18/h2-4,7-8,12,15,21H,5-6,9-11H2,1H3,(H,20,22). The molecule has 1 saturated heterocycles. The van der Waals surface area contributed by atoms with E-state index < -0.39 is 0 Å². The smallest absolute Gasteiger partial charge is 0.156 e. The van der Waals surface area contributed by atoms with E-state index in [1.165, 1.54) is 5.56 Å². The summed E-state index contributed by atoms with van der Waals surface area (Å²) in [7, 11) is 0. The number of H-pyrrole nitrogens is 1. The van der Waals surface area contributed by atoms with Crippen molar-refractivity contribution in [2.75, 3.05) is 18.0 Å². The van der Waals surface area contributed by atoms with Gasteiger partial charge in [-0.3, -0.25) is 4.98 Å². The Morgan fingerprint density at radius 3 is 2.88 bits per heavy atom. The molecule has 0 bridgehead atoms. The van der Waals surface area contributed by atoms with Crippen molar-refractivity contribution in [3.63, 3.8) is 0 Å². The number of hydrogen-bond acceptors (Lipinski definition) is 5. The zero-order chi connectivity index (χ0) is 16.4. The van der Waals surface area contributed by atoms with E-state index in [2.05, 4.69) is 42.3 Å². The third kappa shape index (κ3) is 3.10. The van der Waals surface area contributed by atoms with Crippen LogP contribution in [0.2, 0.25) is 0 Å². The number of nitrogens with one attached hydrogen (secondary N) is 2. The summed E-state index contributed by atoms with van der Waals surface area (Å²) in [6.07, 6.45) is 7.72. The number of hydrogen-bond donors (Lipinski definition) is 2. The molecule has 4 rings (SSSR count). The van der Waals surface area contributed by atoms with E-state index in [1.807, 2.05) is 19.2 Å². The minimum Gasteiger partial charge on any atom is -0.356 e. The Balaban J connectivity index is 1.33. The average Bonchev–Trinajstić information content (AvgIpc) is 3.04. The molecule has 24 heavy (non-hydrogen) atoms. The number of piperidine rings is 1. The zero-order valence-electron chi connectivity index (χ0n) is 13.9. The first-order chi connectivity index (χ1) is 11.8. The number of fused-ring (bicyclic) bond motifs is 1. The second-order valence-electron chi connectivity index (χ2n) is 6.35. The Labute approximate surface area is 141 Å². The van der Waals surface area contributed by atoms with E-state index in [9.17, 15) is 0 Å². The first kappa shape index (κ1) is 15.1. The summed E-state index contributed by atoms with van der Waals surface area (Å²) < 4.78 is 0. The van der Waals surface area contributed by atoms with Crippen LogP contribution in [0.25, 0.3) is 11.2 Å². The molecule has 1 fully saturated rings. The Hall–Kier alpha value is -2.47. The van der Waals surface area contributed by atoms with Crippen molar-refractivity contribution in [3.8, 4) is 0 Å². The third-order valence-corrected chi connectivity index (χ3v) is 4.66. The average molecular weight is 322 g/mol. The van der Waals surface area contributed by atoms with Gasteiger partial charge in [-0.2, -0.15) is 0 Å². The summed E-state index contributed by atoms with van der Waals surface area (Å²) in [6.45, 7) is 4.96. The Bertz CT molecular complexity index is 819. The van der Waals surface area contributed by atoms with E-state index >= 15 is 0 Å². The highest BCUT2D eigenvalue weighted by atomic mass is 15.2. The fourth-order valence-electron chi connectivity index (χ4n) is 3.31. The number of nitrogens with zero attached hydrogens (tertiary/aromatic N) is 4. The van der Waals surface area contributed by atoms with Crippen molar-refractivity contribution >= 4 is 17.0 Å². The predicted octanol–water partition coefficient (Wildman–Crippen LogP) is 2.42. The van der Waals surface area contributed by atoms with Crippen LogP contribution in [0.15, 0.2) is 36.8 Å². The first-order valence-electron chi connectivity index (χ1n) is 8.48. The molecule has 1 aliphatic rings. The summed E-state index contributed by atoms with van der Waals surface area (Å²) in [5.74, 6) is 1.10. The van der Waals surface area contributed by atoms with Crippen LogP contribution in [0.1, 0.15) is 24.1 Å². The van der Waals surface area contributed by atoms with Crippen molar-refractivity contribution in [3.05, 3.63) is 48.0 Å². The van der Waals surface area contributed by atoms with Crippen LogP contribution in [-0.2, 0) is 6.54 Å². The van der Waals surface area contributed by atoms with E-state index in [1.54, 1.807) is 12.4 Å². The lowest BCUT2D eigenvalue weighted by Gasteiger charge is -2.33. The number of aromatic amines is 1. The van der Waals surface area contributed by atoms with Crippen LogP contribution in [0.3, 0.4) is 0 Å². The first-order valence-corrected chi connectivity index (χ1v) is 8.48. The van der Waals surface area contributed by atoms with E-state index in [4.69, 9.17) is 0 Å². The lowest BCUT2D eigenvalue weighted by Crippen LogP contribution is -2.42. The maximum absolute atomic E-state index is 4.63. The van der Waals surface area contributed by atoms with Crippen LogP contribution in [-0.4, -0.2) is 39.1 Å². The van der Waals surface area contributed by atoms with Gasteiger partial charge in [0.1, 0.15) is 11.3 Å². The Morgan fingerprint density at radius 2 is 2.04 bits per heavy atom. The highest BCUT2D eigenvalue weighted by molar-refractivity contribution is 5.74. The Morgan fingerprint density at radius 1 is 1.21 bits per heavy atom. The van der Waals surface area contributed by atoms with Gasteiger partial charge < -0.3 is 15.2 Å². The number of aryl methyl sites for hydroxylation is 1. The number of anilines is 1. The summed E-state index contributed by atoms with van der Waals surface area (Å²) in [5, 5.41) is 3.66. The van der Waals surface area contributed by atoms with Crippen molar-refractivity contribution in [1.29, 1.82) is 0 Å². The second-order valence-corrected chi connectivity index (χ2v) is 6.35. The van der Waals surface area contributed by atoms with Gasteiger partial charge in [0.25, 0.3) is 0 Å². The molecule has 0 radical (unpaired) electrons. The van der Waals surface area contributed by atoms with Crippen LogP contribution in [0.5, 0.6) is 0 Å². The maximum Gasteiger partial charge on any atom is 0.156 e. The van der Waals surface area contributed by atoms with Gasteiger partial charge >= 0.3 is 0 Å². The van der Waals surface area contributed by atoms with Crippen molar-refractivity contribution < 1.29 is 0 Å². The molecule has 6 heteroatoms. The fraction of sp³-hybridized carbons (Fsp3) is 0.389. The molecule has 2 N–H and O–H groups in total. The summed E-state index contributed by atoms with van der Waals surface area (Å²) in [4.78, 5) is 18.9. The van der Waals surface area contributed by atoms with Gasteiger partial charge in [0.15, 0.2) is 5.65 Å². The quantitative estimate of drug-likeness (QED) is 0.772. The van der Waals surface area contributed by atoms with Gasteiger partial charge in [0.05, 0.1) is 0 Å². The van der Waals surface area contributed by atoms with Gasteiger partial charge in [-0.05, 0) is 31.9 Å². The molecule has 0 atom stereocenters. The lowest BCUT2D eigenvalue weighted by molar-refractivity contribution is 0.413. The Kier molecular flexibility index (Phi) is 4.13. The highest BCUT2D eigenvalue weighted by Crippen LogP contribution is 2.19. The lowest BCUT2D eigenvalue weighted by atomic mass is 10.0. The molecule has 0 aromatic carbocycles. The molecule has 0 unspecified atom stereocenters. The highest BCUT2D eigenvalue weighted by Gasteiger charge is 2.20. The zero-order valence-corrected chi connectivity index (χ0v) is 13.9. The van der Waals surface area contributed by atoms with Crippen LogP contribution < -0.4 is 10.2 Å². The molecular formula is C18H22N6. The monoisotopic (exact) mass is 322 g/mol. The molecule has 4 heterocycles. The molecule has 1 aliphatic heterocycles.